The van der Waals surface area contributed by atoms with Gasteiger partial charge in [0.05, 0.1) is 0 Å². The Bertz CT molecular complexity index is 415. The smallest absolute Gasteiger partial charge is 0.137 e. The summed E-state index contributed by atoms with van der Waals surface area (Å²) in [7, 11) is 2.13. The van der Waals surface area contributed by atoms with E-state index in [-0.39, 0.29) is 5.54 Å². The lowest BCUT2D eigenvalue weighted by Gasteiger charge is -2.37. The molecule has 114 valence electrons. The highest BCUT2D eigenvalue weighted by atomic mass is 15.2. The van der Waals surface area contributed by atoms with Crippen LogP contribution in [0.4, 0.5) is 11.6 Å². The van der Waals surface area contributed by atoms with Crippen LogP contribution in [0, 0.1) is 0 Å². The van der Waals surface area contributed by atoms with Crippen molar-refractivity contribution >= 4 is 11.6 Å². The first-order chi connectivity index (χ1) is 9.47. The molecule has 0 radical (unpaired) electrons. The normalized spacial score (nSPS) is 11.5. The molecular formula is C16H30N4. The molecule has 0 fully saturated rings. The van der Waals surface area contributed by atoms with E-state index in [0.29, 0.717) is 0 Å². The highest BCUT2D eigenvalue weighted by Gasteiger charge is 2.25. The standard InChI is InChI=1S/C16H30N4/c1-7-10-13-14(17-11-8-2)18-12-19-15(13)20(6)16(4,5)9-3/h12H,7-11H2,1-6H3,(H,17,18,19). The van der Waals surface area contributed by atoms with Gasteiger partial charge in [0.1, 0.15) is 18.0 Å². The number of anilines is 2. The quantitative estimate of drug-likeness (QED) is 0.783. The lowest BCUT2D eigenvalue weighted by atomic mass is 9.99. The van der Waals surface area contributed by atoms with Crippen LogP contribution >= 0.6 is 0 Å². The summed E-state index contributed by atoms with van der Waals surface area (Å²) in [5, 5.41) is 3.43. The van der Waals surface area contributed by atoms with Crippen LogP contribution in [0.25, 0.3) is 0 Å². The second kappa shape index (κ2) is 7.46. The van der Waals surface area contributed by atoms with E-state index in [9.17, 15) is 0 Å². The predicted octanol–water partition coefficient (Wildman–Crippen LogP) is 3.88. The maximum absolute atomic E-state index is 4.56. The summed E-state index contributed by atoms with van der Waals surface area (Å²) in [6.07, 6.45) is 5.96. The summed E-state index contributed by atoms with van der Waals surface area (Å²) in [5.41, 5.74) is 1.34. The highest BCUT2D eigenvalue weighted by molar-refractivity contribution is 5.59. The van der Waals surface area contributed by atoms with Crippen molar-refractivity contribution in [3.8, 4) is 0 Å². The molecular weight excluding hydrogens is 248 g/mol. The molecule has 1 N–H and O–H groups in total. The molecule has 4 nitrogen and oxygen atoms in total. The molecule has 0 saturated heterocycles. The van der Waals surface area contributed by atoms with Crippen LogP contribution < -0.4 is 10.2 Å². The van der Waals surface area contributed by atoms with E-state index >= 15 is 0 Å². The number of hydrogen-bond donors (Lipinski definition) is 1. The average Bonchev–Trinajstić information content (AvgIpc) is 2.45. The number of nitrogens with zero attached hydrogens (tertiary/aromatic N) is 3. The third-order valence-electron chi connectivity index (χ3n) is 4.06. The molecule has 0 aliphatic rings. The molecule has 1 aromatic heterocycles. The van der Waals surface area contributed by atoms with Crippen molar-refractivity contribution in [1.82, 2.24) is 9.97 Å². The van der Waals surface area contributed by atoms with Crippen LogP contribution in [0.15, 0.2) is 6.33 Å². The number of aromatic nitrogens is 2. The van der Waals surface area contributed by atoms with E-state index in [2.05, 4.69) is 61.9 Å². The van der Waals surface area contributed by atoms with E-state index < -0.39 is 0 Å². The summed E-state index contributed by atoms with van der Waals surface area (Å²) in [5.74, 6) is 2.06. The van der Waals surface area contributed by atoms with Crippen molar-refractivity contribution in [1.29, 1.82) is 0 Å². The van der Waals surface area contributed by atoms with Crippen LogP contribution in [-0.2, 0) is 6.42 Å². The minimum absolute atomic E-state index is 0.0961. The summed E-state index contributed by atoms with van der Waals surface area (Å²) in [4.78, 5) is 11.3. The van der Waals surface area contributed by atoms with Crippen molar-refractivity contribution in [3.05, 3.63) is 11.9 Å². The van der Waals surface area contributed by atoms with Gasteiger partial charge in [-0.25, -0.2) is 9.97 Å². The van der Waals surface area contributed by atoms with Gasteiger partial charge in [0, 0.05) is 24.7 Å². The Morgan fingerprint density at radius 3 is 2.40 bits per heavy atom. The molecule has 20 heavy (non-hydrogen) atoms. The summed E-state index contributed by atoms with van der Waals surface area (Å²) in [6.45, 7) is 12.0. The van der Waals surface area contributed by atoms with E-state index in [0.717, 1.165) is 43.9 Å². The molecule has 1 rings (SSSR count). The third-order valence-corrected chi connectivity index (χ3v) is 4.06. The second-order valence-corrected chi connectivity index (χ2v) is 5.93. The topological polar surface area (TPSA) is 41.1 Å². The van der Waals surface area contributed by atoms with Crippen molar-refractivity contribution in [2.75, 3.05) is 23.8 Å². The zero-order valence-electron chi connectivity index (χ0n) is 14.0. The Labute approximate surface area is 124 Å². The zero-order valence-corrected chi connectivity index (χ0v) is 14.0. The first-order valence-corrected chi connectivity index (χ1v) is 7.79. The van der Waals surface area contributed by atoms with Crippen LogP contribution in [0.2, 0.25) is 0 Å². The molecule has 1 aromatic rings. The highest BCUT2D eigenvalue weighted by Crippen LogP contribution is 2.30. The molecule has 1 heterocycles. The maximum atomic E-state index is 4.56. The van der Waals surface area contributed by atoms with Crippen LogP contribution in [-0.4, -0.2) is 29.1 Å². The van der Waals surface area contributed by atoms with E-state index in [1.807, 2.05) is 0 Å². The third kappa shape index (κ3) is 3.84. The fourth-order valence-electron chi connectivity index (χ4n) is 2.09. The van der Waals surface area contributed by atoms with Gasteiger partial charge in [-0.1, -0.05) is 27.2 Å². The Balaban J connectivity index is 3.17. The van der Waals surface area contributed by atoms with Gasteiger partial charge in [0.2, 0.25) is 0 Å². The van der Waals surface area contributed by atoms with E-state index in [1.54, 1.807) is 6.33 Å². The Hall–Kier alpha value is -1.32. The first kappa shape index (κ1) is 16.7. The van der Waals surface area contributed by atoms with Crippen molar-refractivity contribution < 1.29 is 0 Å². The summed E-state index contributed by atoms with van der Waals surface area (Å²) >= 11 is 0. The maximum Gasteiger partial charge on any atom is 0.137 e. The minimum atomic E-state index is 0.0961. The average molecular weight is 278 g/mol. The molecule has 0 saturated carbocycles. The van der Waals surface area contributed by atoms with Crippen LogP contribution in [0.5, 0.6) is 0 Å². The van der Waals surface area contributed by atoms with Gasteiger partial charge in [-0.05, 0) is 33.1 Å². The van der Waals surface area contributed by atoms with Gasteiger partial charge < -0.3 is 10.2 Å². The molecule has 0 atom stereocenters. The summed E-state index contributed by atoms with van der Waals surface area (Å²) in [6, 6.07) is 0. The van der Waals surface area contributed by atoms with Crippen LogP contribution in [0.3, 0.4) is 0 Å². The van der Waals surface area contributed by atoms with Gasteiger partial charge in [0.25, 0.3) is 0 Å². The largest absolute Gasteiger partial charge is 0.370 e. The number of rotatable bonds is 8. The predicted molar refractivity (Wildman–Crippen MR) is 87.6 cm³/mol. The second-order valence-electron chi connectivity index (χ2n) is 5.93. The van der Waals surface area contributed by atoms with Crippen molar-refractivity contribution in [2.24, 2.45) is 0 Å². The van der Waals surface area contributed by atoms with Crippen molar-refractivity contribution in [2.45, 2.75) is 65.8 Å². The molecule has 0 aliphatic carbocycles. The molecule has 0 aromatic carbocycles. The van der Waals surface area contributed by atoms with Gasteiger partial charge in [0.15, 0.2) is 0 Å². The number of nitrogens with one attached hydrogen (secondary N) is 1. The molecule has 0 spiro atoms. The lowest BCUT2D eigenvalue weighted by molar-refractivity contribution is 0.465. The molecule has 0 amide bonds. The molecule has 0 unspecified atom stereocenters. The fourth-order valence-corrected chi connectivity index (χ4v) is 2.09. The van der Waals surface area contributed by atoms with Gasteiger partial charge in [-0.2, -0.15) is 0 Å². The lowest BCUT2D eigenvalue weighted by Crippen LogP contribution is -2.41. The summed E-state index contributed by atoms with van der Waals surface area (Å²) < 4.78 is 0. The SMILES string of the molecule is CCCNc1ncnc(N(C)C(C)(C)CC)c1CCC. The van der Waals surface area contributed by atoms with Gasteiger partial charge in [-0.3, -0.25) is 0 Å². The van der Waals surface area contributed by atoms with Gasteiger partial charge in [-0.15, -0.1) is 0 Å². The number of hydrogen-bond acceptors (Lipinski definition) is 4. The fraction of sp³-hybridized carbons (Fsp3) is 0.750. The van der Waals surface area contributed by atoms with E-state index in [4.69, 9.17) is 0 Å². The minimum Gasteiger partial charge on any atom is -0.370 e. The Kier molecular flexibility index (Phi) is 6.24. The molecule has 0 bridgehead atoms. The zero-order chi connectivity index (χ0) is 15.2. The molecule has 4 heteroatoms. The monoisotopic (exact) mass is 278 g/mol. The van der Waals surface area contributed by atoms with Crippen LogP contribution in [0.1, 0.15) is 59.4 Å². The van der Waals surface area contributed by atoms with Crippen molar-refractivity contribution in [3.63, 3.8) is 0 Å². The van der Waals surface area contributed by atoms with Gasteiger partial charge >= 0.3 is 0 Å². The molecule has 0 aliphatic heterocycles. The first-order valence-electron chi connectivity index (χ1n) is 7.79. The van der Waals surface area contributed by atoms with E-state index in [1.165, 1.54) is 5.56 Å². The Morgan fingerprint density at radius 2 is 1.85 bits per heavy atom. The Morgan fingerprint density at radius 1 is 1.15 bits per heavy atom.